The first kappa shape index (κ1) is 10.5. The van der Waals surface area contributed by atoms with E-state index in [1.807, 2.05) is 0 Å². The second-order valence-electron chi connectivity index (χ2n) is 6.04. The minimum Gasteiger partial charge on any atom is -0.396 e. The van der Waals surface area contributed by atoms with Crippen LogP contribution in [-0.2, 0) is 0 Å². The maximum Gasteiger partial charge on any atom is 0.0464 e. The molecule has 0 aromatic heterocycles. The largest absolute Gasteiger partial charge is 0.396 e. The van der Waals surface area contributed by atoms with Crippen LogP contribution in [0.1, 0.15) is 52.4 Å². The van der Waals surface area contributed by atoms with Crippen LogP contribution in [0.4, 0.5) is 0 Å². The number of hydrogen-bond acceptors (Lipinski definition) is 1. The van der Waals surface area contributed by atoms with Gasteiger partial charge in [-0.1, -0.05) is 26.7 Å². The minimum absolute atomic E-state index is 0.439. The molecule has 2 aliphatic carbocycles. The van der Waals surface area contributed by atoms with Gasteiger partial charge < -0.3 is 5.11 Å². The van der Waals surface area contributed by atoms with Gasteiger partial charge in [0, 0.05) is 6.61 Å². The van der Waals surface area contributed by atoms with Gasteiger partial charge in [-0.05, 0) is 48.9 Å². The van der Waals surface area contributed by atoms with E-state index in [0.29, 0.717) is 17.9 Å². The fourth-order valence-electron chi connectivity index (χ4n) is 3.64. The van der Waals surface area contributed by atoms with Gasteiger partial charge >= 0.3 is 0 Å². The molecule has 0 bridgehead atoms. The zero-order valence-corrected chi connectivity index (χ0v) is 9.63. The summed E-state index contributed by atoms with van der Waals surface area (Å²) in [4.78, 5) is 0. The van der Waals surface area contributed by atoms with E-state index < -0.39 is 0 Å². The highest BCUT2D eigenvalue weighted by Crippen LogP contribution is 2.62. The fourth-order valence-corrected chi connectivity index (χ4v) is 3.64. The number of rotatable bonds is 3. The molecule has 2 rings (SSSR count). The van der Waals surface area contributed by atoms with Crippen LogP contribution in [0.2, 0.25) is 0 Å². The van der Waals surface area contributed by atoms with E-state index in [1.165, 1.54) is 38.5 Å². The first-order valence-electron chi connectivity index (χ1n) is 6.27. The van der Waals surface area contributed by atoms with Crippen molar-refractivity contribution in [3.8, 4) is 0 Å². The van der Waals surface area contributed by atoms with Gasteiger partial charge in [0.1, 0.15) is 0 Å². The average molecular weight is 196 g/mol. The molecule has 1 heteroatoms. The highest BCUT2D eigenvalue weighted by atomic mass is 16.3. The van der Waals surface area contributed by atoms with Crippen molar-refractivity contribution in [1.29, 1.82) is 0 Å². The van der Waals surface area contributed by atoms with E-state index in [1.54, 1.807) is 0 Å². The third-order valence-electron chi connectivity index (χ3n) is 4.37. The van der Waals surface area contributed by atoms with Gasteiger partial charge in [0.25, 0.3) is 0 Å². The Morgan fingerprint density at radius 2 is 2.14 bits per heavy atom. The summed E-state index contributed by atoms with van der Waals surface area (Å²) in [5.41, 5.74) is 0.604. The molecule has 1 N–H and O–H groups in total. The molecule has 14 heavy (non-hydrogen) atoms. The normalized spacial score (nSPS) is 42.0. The Morgan fingerprint density at radius 3 is 2.71 bits per heavy atom. The van der Waals surface area contributed by atoms with Gasteiger partial charge in [0.15, 0.2) is 0 Å². The third-order valence-corrected chi connectivity index (χ3v) is 4.37. The maximum atomic E-state index is 9.19. The number of aliphatic hydroxyl groups is 1. The highest BCUT2D eigenvalue weighted by molar-refractivity contribution is 5.04. The van der Waals surface area contributed by atoms with Gasteiger partial charge in [-0.3, -0.25) is 0 Å². The zero-order valence-electron chi connectivity index (χ0n) is 9.63. The summed E-state index contributed by atoms with van der Waals surface area (Å²) < 4.78 is 0. The second-order valence-corrected chi connectivity index (χ2v) is 6.04. The predicted molar refractivity (Wildman–Crippen MR) is 59.0 cm³/mol. The summed E-state index contributed by atoms with van der Waals surface area (Å²) in [7, 11) is 0. The summed E-state index contributed by atoms with van der Waals surface area (Å²) >= 11 is 0. The summed E-state index contributed by atoms with van der Waals surface area (Å²) in [6, 6.07) is 0. The number of hydrogen-bond donors (Lipinski definition) is 1. The van der Waals surface area contributed by atoms with Crippen molar-refractivity contribution >= 4 is 0 Å². The topological polar surface area (TPSA) is 20.2 Å². The minimum atomic E-state index is 0.439. The lowest BCUT2D eigenvalue weighted by molar-refractivity contribution is 0.176. The SMILES string of the molecule is CC(C)CC1CCCC2(C1)CC2CO. The predicted octanol–water partition coefficient (Wildman–Crippen LogP) is 3.22. The Balaban J connectivity index is 1.86. The van der Waals surface area contributed by atoms with Crippen LogP contribution >= 0.6 is 0 Å². The summed E-state index contributed by atoms with van der Waals surface area (Å²) in [6.45, 7) is 5.10. The molecule has 2 saturated carbocycles. The summed E-state index contributed by atoms with van der Waals surface area (Å²) in [6.07, 6.45) is 8.38. The molecule has 0 heterocycles. The lowest BCUT2D eigenvalue weighted by atomic mass is 9.75. The molecule has 3 unspecified atom stereocenters. The third kappa shape index (κ3) is 1.98. The standard InChI is InChI=1S/C13H24O/c1-10(2)6-11-4-3-5-13(7-11)8-12(13)9-14/h10-12,14H,3-9H2,1-2H3. The van der Waals surface area contributed by atoms with Crippen LogP contribution in [0, 0.1) is 23.2 Å². The molecule has 0 aromatic rings. The molecule has 1 spiro atoms. The molecule has 2 aliphatic rings. The van der Waals surface area contributed by atoms with Gasteiger partial charge in [-0.2, -0.15) is 0 Å². The molecule has 0 radical (unpaired) electrons. The van der Waals surface area contributed by atoms with Crippen LogP contribution in [0.3, 0.4) is 0 Å². The van der Waals surface area contributed by atoms with Crippen molar-refractivity contribution in [1.82, 2.24) is 0 Å². The highest BCUT2D eigenvalue weighted by Gasteiger charge is 2.54. The van der Waals surface area contributed by atoms with Crippen LogP contribution in [0.25, 0.3) is 0 Å². The van der Waals surface area contributed by atoms with Gasteiger partial charge in [-0.15, -0.1) is 0 Å². The van der Waals surface area contributed by atoms with Crippen molar-refractivity contribution in [3.63, 3.8) is 0 Å². The first-order valence-corrected chi connectivity index (χ1v) is 6.27. The van der Waals surface area contributed by atoms with Crippen LogP contribution in [-0.4, -0.2) is 11.7 Å². The number of aliphatic hydroxyl groups excluding tert-OH is 1. The Hall–Kier alpha value is -0.0400. The molecular formula is C13H24O. The maximum absolute atomic E-state index is 9.19. The van der Waals surface area contributed by atoms with Crippen molar-refractivity contribution in [2.75, 3.05) is 6.61 Å². The van der Waals surface area contributed by atoms with Crippen molar-refractivity contribution in [2.45, 2.75) is 52.4 Å². The van der Waals surface area contributed by atoms with Crippen LogP contribution in [0.15, 0.2) is 0 Å². The Labute approximate surface area is 87.9 Å². The molecule has 82 valence electrons. The lowest BCUT2D eigenvalue weighted by Crippen LogP contribution is -2.20. The molecule has 0 saturated heterocycles. The van der Waals surface area contributed by atoms with Crippen LogP contribution in [0.5, 0.6) is 0 Å². The molecule has 0 amide bonds. The summed E-state index contributed by atoms with van der Waals surface area (Å²) in [5, 5.41) is 9.19. The van der Waals surface area contributed by atoms with Crippen molar-refractivity contribution in [3.05, 3.63) is 0 Å². The fraction of sp³-hybridized carbons (Fsp3) is 1.00. The zero-order chi connectivity index (χ0) is 10.2. The Morgan fingerprint density at radius 1 is 1.36 bits per heavy atom. The molecule has 3 atom stereocenters. The molecule has 2 fully saturated rings. The van der Waals surface area contributed by atoms with Crippen molar-refractivity contribution in [2.24, 2.45) is 23.2 Å². The van der Waals surface area contributed by atoms with Crippen LogP contribution < -0.4 is 0 Å². The molecule has 0 aromatic carbocycles. The van der Waals surface area contributed by atoms with E-state index >= 15 is 0 Å². The van der Waals surface area contributed by atoms with Gasteiger partial charge in [0.05, 0.1) is 0 Å². The smallest absolute Gasteiger partial charge is 0.0464 e. The molecular weight excluding hydrogens is 172 g/mol. The van der Waals surface area contributed by atoms with E-state index in [9.17, 15) is 5.11 Å². The van der Waals surface area contributed by atoms with Gasteiger partial charge in [-0.25, -0.2) is 0 Å². The average Bonchev–Trinajstić information content (AvgIpc) is 2.77. The van der Waals surface area contributed by atoms with Crippen molar-refractivity contribution < 1.29 is 5.11 Å². The second kappa shape index (κ2) is 3.84. The monoisotopic (exact) mass is 196 g/mol. The van der Waals surface area contributed by atoms with E-state index in [4.69, 9.17) is 0 Å². The Bertz CT molecular complexity index is 199. The molecule has 0 aliphatic heterocycles. The Kier molecular flexibility index (Phi) is 2.88. The molecule has 1 nitrogen and oxygen atoms in total. The van der Waals surface area contributed by atoms with E-state index in [2.05, 4.69) is 13.8 Å². The summed E-state index contributed by atoms with van der Waals surface area (Å²) in [5.74, 6) is 2.47. The van der Waals surface area contributed by atoms with Gasteiger partial charge in [0.2, 0.25) is 0 Å². The van der Waals surface area contributed by atoms with E-state index in [-0.39, 0.29) is 0 Å². The van der Waals surface area contributed by atoms with E-state index in [0.717, 1.165) is 11.8 Å². The lowest BCUT2D eigenvalue weighted by Gasteiger charge is -2.31. The first-order chi connectivity index (χ1) is 6.66. The quantitative estimate of drug-likeness (QED) is 0.735.